The van der Waals surface area contributed by atoms with Crippen molar-refractivity contribution in [3.05, 3.63) is 0 Å². The van der Waals surface area contributed by atoms with E-state index in [1.807, 2.05) is 4.90 Å². The second-order valence-electron chi connectivity index (χ2n) is 5.43. The lowest BCUT2D eigenvalue weighted by Gasteiger charge is -2.31. The van der Waals surface area contributed by atoms with Gasteiger partial charge in [0, 0.05) is 45.9 Å². The van der Waals surface area contributed by atoms with Crippen molar-refractivity contribution < 1.29 is 14.3 Å². The lowest BCUT2D eigenvalue weighted by atomic mass is 10.1. The van der Waals surface area contributed by atoms with Gasteiger partial charge in [0.25, 0.3) is 0 Å². The van der Waals surface area contributed by atoms with Gasteiger partial charge in [0.1, 0.15) is 6.10 Å². The zero-order chi connectivity index (χ0) is 13.1. The van der Waals surface area contributed by atoms with Crippen molar-refractivity contribution in [1.82, 2.24) is 9.80 Å². The molecule has 102 valence electrons. The molecule has 2 fully saturated rings. The van der Waals surface area contributed by atoms with Crippen LogP contribution in [0.2, 0.25) is 0 Å². The molecule has 1 atom stereocenters. The van der Waals surface area contributed by atoms with Crippen LogP contribution < -0.4 is 0 Å². The molecule has 2 rings (SSSR count). The number of amides is 2. The Bertz CT molecular complexity index is 324. The molecule has 0 aromatic heterocycles. The third-order valence-electron chi connectivity index (χ3n) is 3.84. The van der Waals surface area contributed by atoms with Gasteiger partial charge in [-0.25, -0.2) is 4.79 Å². The molecular formula is C13H22N2O3. The molecular weight excluding hydrogens is 232 g/mol. The van der Waals surface area contributed by atoms with Crippen LogP contribution in [0.4, 0.5) is 4.79 Å². The Kier molecular flexibility index (Phi) is 4.09. The molecule has 5 heteroatoms. The van der Waals surface area contributed by atoms with E-state index in [4.69, 9.17) is 4.74 Å². The van der Waals surface area contributed by atoms with Crippen LogP contribution in [-0.4, -0.2) is 54.1 Å². The highest BCUT2D eigenvalue weighted by molar-refractivity contribution is 5.73. The van der Waals surface area contributed by atoms with Gasteiger partial charge in [-0.15, -0.1) is 0 Å². The fourth-order valence-corrected chi connectivity index (χ4v) is 2.61. The highest BCUT2D eigenvalue weighted by Crippen LogP contribution is 2.19. The van der Waals surface area contributed by atoms with Gasteiger partial charge in [-0.2, -0.15) is 0 Å². The van der Waals surface area contributed by atoms with E-state index in [9.17, 15) is 9.59 Å². The van der Waals surface area contributed by atoms with Crippen LogP contribution in [0.25, 0.3) is 0 Å². The second-order valence-corrected chi connectivity index (χ2v) is 5.43. The molecule has 0 N–H and O–H groups in total. The van der Waals surface area contributed by atoms with Gasteiger partial charge < -0.3 is 14.5 Å². The third kappa shape index (κ3) is 3.15. The highest BCUT2D eigenvalue weighted by atomic mass is 16.6. The first kappa shape index (κ1) is 13.2. The van der Waals surface area contributed by atoms with E-state index >= 15 is 0 Å². The summed E-state index contributed by atoms with van der Waals surface area (Å²) in [5.41, 5.74) is 0. The number of nitrogens with zero attached hydrogens (tertiary/aromatic N) is 2. The van der Waals surface area contributed by atoms with Gasteiger partial charge in [-0.05, 0) is 12.3 Å². The summed E-state index contributed by atoms with van der Waals surface area (Å²) in [6.45, 7) is 6.75. The summed E-state index contributed by atoms with van der Waals surface area (Å²) < 4.78 is 5.50. The summed E-state index contributed by atoms with van der Waals surface area (Å²) in [5, 5.41) is 0. The minimum atomic E-state index is -0.180. The number of carbonyl (C=O) groups excluding carboxylic acids is 2. The van der Waals surface area contributed by atoms with Gasteiger partial charge in [0.05, 0.1) is 0 Å². The molecule has 0 aromatic carbocycles. The second kappa shape index (κ2) is 5.59. The van der Waals surface area contributed by atoms with Crippen molar-refractivity contribution in [3.63, 3.8) is 0 Å². The average molecular weight is 254 g/mol. The summed E-state index contributed by atoms with van der Waals surface area (Å²) in [6, 6.07) is 0. The van der Waals surface area contributed by atoms with E-state index in [1.54, 1.807) is 11.8 Å². The van der Waals surface area contributed by atoms with E-state index in [1.165, 1.54) is 0 Å². The first-order valence-electron chi connectivity index (χ1n) is 6.77. The van der Waals surface area contributed by atoms with E-state index in [0.717, 1.165) is 32.4 Å². The number of hydrogen-bond acceptors (Lipinski definition) is 3. The van der Waals surface area contributed by atoms with Crippen molar-refractivity contribution in [2.75, 3.05) is 26.2 Å². The number of hydrogen-bond donors (Lipinski definition) is 0. The van der Waals surface area contributed by atoms with Gasteiger partial charge in [-0.1, -0.05) is 6.92 Å². The maximum absolute atomic E-state index is 11.9. The van der Waals surface area contributed by atoms with Crippen LogP contribution >= 0.6 is 0 Å². The molecule has 0 radical (unpaired) electrons. The quantitative estimate of drug-likeness (QED) is 0.712. The zero-order valence-corrected chi connectivity index (χ0v) is 11.2. The van der Waals surface area contributed by atoms with Crippen LogP contribution in [0.15, 0.2) is 0 Å². The Morgan fingerprint density at radius 3 is 2.17 bits per heavy atom. The van der Waals surface area contributed by atoms with Gasteiger partial charge in [0.15, 0.2) is 0 Å². The molecule has 18 heavy (non-hydrogen) atoms. The lowest BCUT2D eigenvalue weighted by Crippen LogP contribution is -2.42. The molecule has 2 heterocycles. The monoisotopic (exact) mass is 254 g/mol. The standard InChI is InChI=1S/C13H22N2O3/c1-10-3-6-15(9-10)13(17)18-12-4-7-14(8-5-12)11(2)16/h10,12H,3-9H2,1-2H3. The number of carbonyl (C=O) groups is 2. The topological polar surface area (TPSA) is 49.9 Å². The first-order chi connectivity index (χ1) is 8.56. The predicted octanol–water partition coefficient (Wildman–Crippen LogP) is 1.48. The van der Waals surface area contributed by atoms with Crippen molar-refractivity contribution in [3.8, 4) is 0 Å². The molecule has 5 nitrogen and oxygen atoms in total. The molecule has 1 unspecified atom stereocenters. The molecule has 2 amide bonds. The minimum absolute atomic E-state index is 0.0241. The smallest absolute Gasteiger partial charge is 0.410 e. The Morgan fingerprint density at radius 2 is 1.67 bits per heavy atom. The Hall–Kier alpha value is -1.26. The molecule has 2 aliphatic heterocycles. The number of piperidine rings is 1. The van der Waals surface area contributed by atoms with Crippen molar-refractivity contribution in [2.24, 2.45) is 5.92 Å². The SMILES string of the molecule is CC(=O)N1CCC(OC(=O)N2CCC(C)C2)CC1. The van der Waals surface area contributed by atoms with E-state index in [-0.39, 0.29) is 18.1 Å². The number of ether oxygens (including phenoxy) is 1. The fourth-order valence-electron chi connectivity index (χ4n) is 2.61. The molecule has 2 saturated heterocycles. The van der Waals surface area contributed by atoms with E-state index < -0.39 is 0 Å². The van der Waals surface area contributed by atoms with E-state index in [0.29, 0.717) is 19.0 Å². The van der Waals surface area contributed by atoms with E-state index in [2.05, 4.69) is 6.92 Å². The predicted molar refractivity (Wildman–Crippen MR) is 67.1 cm³/mol. The highest BCUT2D eigenvalue weighted by Gasteiger charge is 2.28. The normalized spacial score (nSPS) is 25.3. The van der Waals surface area contributed by atoms with Gasteiger partial charge >= 0.3 is 6.09 Å². The molecule has 0 aliphatic carbocycles. The third-order valence-corrected chi connectivity index (χ3v) is 3.84. The summed E-state index contributed by atoms with van der Waals surface area (Å²) in [4.78, 5) is 26.7. The number of rotatable bonds is 1. The molecule has 2 aliphatic rings. The Labute approximate surface area is 108 Å². The molecule has 0 bridgehead atoms. The fraction of sp³-hybridized carbons (Fsp3) is 0.846. The summed E-state index contributed by atoms with van der Waals surface area (Å²) in [7, 11) is 0. The van der Waals surface area contributed by atoms with Crippen LogP contribution in [0.3, 0.4) is 0 Å². The molecule has 0 saturated carbocycles. The zero-order valence-electron chi connectivity index (χ0n) is 11.2. The summed E-state index contributed by atoms with van der Waals surface area (Å²) in [5.74, 6) is 0.685. The molecule has 0 aromatic rings. The van der Waals surface area contributed by atoms with Crippen LogP contribution in [-0.2, 0) is 9.53 Å². The Balaban J connectivity index is 1.74. The van der Waals surface area contributed by atoms with Crippen LogP contribution in [0.1, 0.15) is 33.1 Å². The minimum Gasteiger partial charge on any atom is -0.446 e. The maximum Gasteiger partial charge on any atom is 0.410 e. The van der Waals surface area contributed by atoms with Crippen molar-refractivity contribution in [2.45, 2.75) is 39.2 Å². The molecule has 0 spiro atoms. The summed E-state index contributed by atoms with van der Waals surface area (Å²) >= 11 is 0. The van der Waals surface area contributed by atoms with Crippen molar-refractivity contribution >= 4 is 12.0 Å². The Morgan fingerprint density at radius 1 is 1.06 bits per heavy atom. The van der Waals surface area contributed by atoms with Crippen LogP contribution in [0.5, 0.6) is 0 Å². The number of likely N-dealkylation sites (tertiary alicyclic amines) is 2. The maximum atomic E-state index is 11.9. The van der Waals surface area contributed by atoms with Crippen LogP contribution in [0, 0.1) is 5.92 Å². The lowest BCUT2D eigenvalue weighted by molar-refractivity contribution is -0.130. The van der Waals surface area contributed by atoms with Gasteiger partial charge in [0.2, 0.25) is 5.91 Å². The van der Waals surface area contributed by atoms with Gasteiger partial charge in [-0.3, -0.25) is 4.79 Å². The first-order valence-corrected chi connectivity index (χ1v) is 6.77. The largest absolute Gasteiger partial charge is 0.446 e. The average Bonchev–Trinajstić information content (AvgIpc) is 2.76. The summed E-state index contributed by atoms with van der Waals surface area (Å²) in [6.07, 6.45) is 2.38. The van der Waals surface area contributed by atoms with Crippen molar-refractivity contribution in [1.29, 1.82) is 0 Å².